The molecule has 0 aromatic heterocycles. The van der Waals surface area contributed by atoms with Crippen LogP contribution in [0.1, 0.15) is 33.1 Å². The normalized spacial score (nSPS) is 16.3. The lowest BCUT2D eigenvalue weighted by atomic mass is 9.94. The second-order valence-electron chi connectivity index (χ2n) is 6.17. The molecular weight excluding hydrogens is 374 g/mol. The van der Waals surface area contributed by atoms with Crippen LogP contribution in [0.4, 0.5) is 0 Å². The highest BCUT2D eigenvalue weighted by molar-refractivity contribution is 7.88. The highest BCUT2D eigenvalue weighted by atomic mass is 35.5. The van der Waals surface area contributed by atoms with Crippen LogP contribution in [0.3, 0.4) is 0 Å². The fraction of sp³-hybridized carbons (Fsp3) is 0.278. The van der Waals surface area contributed by atoms with Crippen molar-refractivity contribution < 1.29 is 13.2 Å². The zero-order valence-electron chi connectivity index (χ0n) is 14.1. The SMILES string of the molecule is Cl.NS(=O)(=O)Cc1cccc(C(=O)NCC2NCCc3ccccc32)c1. The molecule has 0 fully saturated rings. The molecule has 0 saturated carbocycles. The summed E-state index contributed by atoms with van der Waals surface area (Å²) in [4.78, 5) is 12.4. The van der Waals surface area contributed by atoms with E-state index in [4.69, 9.17) is 5.14 Å². The van der Waals surface area contributed by atoms with Gasteiger partial charge in [-0.25, -0.2) is 13.6 Å². The number of sulfonamides is 1. The molecule has 1 aliphatic rings. The van der Waals surface area contributed by atoms with Gasteiger partial charge in [-0.1, -0.05) is 36.4 Å². The van der Waals surface area contributed by atoms with E-state index in [0.29, 0.717) is 17.7 Å². The van der Waals surface area contributed by atoms with E-state index in [1.807, 2.05) is 12.1 Å². The average Bonchev–Trinajstić information content (AvgIpc) is 2.58. The van der Waals surface area contributed by atoms with Gasteiger partial charge in [0.05, 0.1) is 5.75 Å². The van der Waals surface area contributed by atoms with Crippen LogP contribution in [0.25, 0.3) is 0 Å². The lowest BCUT2D eigenvalue weighted by Crippen LogP contribution is -2.38. The number of halogens is 1. The second kappa shape index (κ2) is 8.64. The van der Waals surface area contributed by atoms with E-state index in [2.05, 4.69) is 22.8 Å². The molecule has 4 N–H and O–H groups in total. The van der Waals surface area contributed by atoms with Crippen LogP contribution in [0.5, 0.6) is 0 Å². The Bertz CT molecular complexity index is 887. The Kier molecular flexibility index (Phi) is 6.77. The van der Waals surface area contributed by atoms with Crippen LogP contribution >= 0.6 is 12.4 Å². The molecule has 0 bridgehead atoms. The monoisotopic (exact) mass is 395 g/mol. The van der Waals surface area contributed by atoms with Gasteiger partial charge in [0, 0.05) is 18.2 Å². The lowest BCUT2D eigenvalue weighted by Gasteiger charge is -2.27. The third-order valence-corrected chi connectivity index (χ3v) is 4.98. The van der Waals surface area contributed by atoms with Gasteiger partial charge in [-0.2, -0.15) is 0 Å². The number of hydrogen-bond donors (Lipinski definition) is 3. The Balaban J connectivity index is 0.00000243. The smallest absolute Gasteiger partial charge is 0.251 e. The van der Waals surface area contributed by atoms with Crippen LogP contribution in [0.15, 0.2) is 48.5 Å². The van der Waals surface area contributed by atoms with Gasteiger partial charge in [-0.15, -0.1) is 12.4 Å². The summed E-state index contributed by atoms with van der Waals surface area (Å²) in [6.07, 6.45) is 0.982. The van der Waals surface area contributed by atoms with Gasteiger partial charge in [0.25, 0.3) is 5.91 Å². The molecule has 0 spiro atoms. The maximum absolute atomic E-state index is 12.4. The van der Waals surface area contributed by atoms with E-state index in [9.17, 15) is 13.2 Å². The maximum Gasteiger partial charge on any atom is 0.251 e. The van der Waals surface area contributed by atoms with Crippen molar-refractivity contribution >= 4 is 28.3 Å². The molecular formula is C18H22ClN3O3S. The molecule has 0 saturated heterocycles. The molecule has 1 atom stereocenters. The van der Waals surface area contributed by atoms with Crippen LogP contribution in [-0.4, -0.2) is 27.4 Å². The van der Waals surface area contributed by atoms with E-state index >= 15 is 0 Å². The van der Waals surface area contributed by atoms with E-state index in [-0.39, 0.29) is 30.1 Å². The topological polar surface area (TPSA) is 101 Å². The first-order valence-corrected chi connectivity index (χ1v) is 9.83. The van der Waals surface area contributed by atoms with E-state index in [0.717, 1.165) is 13.0 Å². The van der Waals surface area contributed by atoms with Crippen molar-refractivity contribution in [1.82, 2.24) is 10.6 Å². The summed E-state index contributed by atoms with van der Waals surface area (Å²) < 4.78 is 22.4. The van der Waals surface area contributed by atoms with Crippen molar-refractivity contribution in [2.24, 2.45) is 5.14 Å². The van der Waals surface area contributed by atoms with Crippen LogP contribution in [0.2, 0.25) is 0 Å². The number of carbonyl (C=O) groups is 1. The largest absolute Gasteiger partial charge is 0.350 e. The molecule has 1 aliphatic heterocycles. The summed E-state index contributed by atoms with van der Waals surface area (Å²) in [5.41, 5.74) is 3.43. The summed E-state index contributed by atoms with van der Waals surface area (Å²) >= 11 is 0. The maximum atomic E-state index is 12.4. The molecule has 8 heteroatoms. The van der Waals surface area contributed by atoms with Gasteiger partial charge in [0.1, 0.15) is 0 Å². The second-order valence-corrected chi connectivity index (χ2v) is 7.79. The van der Waals surface area contributed by atoms with Gasteiger partial charge in [-0.05, 0) is 41.8 Å². The predicted octanol–water partition coefficient (Wildman–Crippen LogP) is 1.51. The molecule has 26 heavy (non-hydrogen) atoms. The van der Waals surface area contributed by atoms with Crippen molar-refractivity contribution in [3.05, 3.63) is 70.8 Å². The summed E-state index contributed by atoms with van der Waals surface area (Å²) in [5, 5.41) is 11.4. The molecule has 140 valence electrons. The van der Waals surface area contributed by atoms with Gasteiger partial charge >= 0.3 is 0 Å². The number of rotatable bonds is 5. The molecule has 1 amide bonds. The molecule has 1 heterocycles. The Morgan fingerprint density at radius 3 is 2.73 bits per heavy atom. The lowest BCUT2D eigenvalue weighted by molar-refractivity contribution is 0.0949. The Labute approximate surface area is 159 Å². The zero-order valence-corrected chi connectivity index (χ0v) is 15.8. The quantitative estimate of drug-likeness (QED) is 0.714. The first kappa shape index (κ1) is 20.4. The van der Waals surface area contributed by atoms with Crippen molar-refractivity contribution in [3.63, 3.8) is 0 Å². The number of amides is 1. The minimum absolute atomic E-state index is 0. The van der Waals surface area contributed by atoms with E-state index < -0.39 is 10.0 Å². The minimum Gasteiger partial charge on any atom is -0.350 e. The number of hydrogen-bond acceptors (Lipinski definition) is 4. The van der Waals surface area contributed by atoms with Crippen molar-refractivity contribution in [2.45, 2.75) is 18.2 Å². The zero-order chi connectivity index (χ0) is 17.9. The number of carbonyl (C=O) groups excluding carboxylic acids is 1. The molecule has 2 aromatic carbocycles. The Hall–Kier alpha value is -1.93. The molecule has 2 aromatic rings. The van der Waals surface area contributed by atoms with Crippen LogP contribution in [0, 0.1) is 0 Å². The fourth-order valence-corrected chi connectivity index (χ4v) is 3.75. The fourth-order valence-electron chi connectivity index (χ4n) is 3.11. The molecule has 1 unspecified atom stereocenters. The first-order valence-electron chi connectivity index (χ1n) is 8.11. The van der Waals surface area contributed by atoms with Crippen LogP contribution < -0.4 is 15.8 Å². The predicted molar refractivity (Wildman–Crippen MR) is 104 cm³/mol. The molecule has 6 nitrogen and oxygen atoms in total. The van der Waals surface area contributed by atoms with Crippen molar-refractivity contribution in [2.75, 3.05) is 13.1 Å². The van der Waals surface area contributed by atoms with Crippen molar-refractivity contribution in [1.29, 1.82) is 0 Å². The van der Waals surface area contributed by atoms with Gasteiger partial charge in [0.2, 0.25) is 10.0 Å². The number of nitrogens with two attached hydrogens (primary N) is 1. The molecule has 3 rings (SSSR count). The summed E-state index contributed by atoms with van der Waals surface area (Å²) in [6, 6.07) is 14.8. The molecule has 0 aliphatic carbocycles. The van der Waals surface area contributed by atoms with E-state index in [1.54, 1.807) is 24.3 Å². The number of fused-ring (bicyclic) bond motifs is 1. The van der Waals surface area contributed by atoms with Gasteiger partial charge < -0.3 is 10.6 Å². The first-order chi connectivity index (χ1) is 11.9. The average molecular weight is 396 g/mol. The third-order valence-electron chi connectivity index (χ3n) is 4.24. The summed E-state index contributed by atoms with van der Waals surface area (Å²) in [5.74, 6) is -0.521. The Morgan fingerprint density at radius 1 is 1.19 bits per heavy atom. The number of nitrogens with one attached hydrogen (secondary N) is 2. The minimum atomic E-state index is -3.62. The number of benzene rings is 2. The highest BCUT2D eigenvalue weighted by Gasteiger charge is 2.20. The Morgan fingerprint density at radius 2 is 1.96 bits per heavy atom. The van der Waals surface area contributed by atoms with Crippen molar-refractivity contribution in [3.8, 4) is 0 Å². The number of primary sulfonamides is 1. The standard InChI is InChI=1S/C18H21N3O3S.ClH/c19-25(23,24)12-13-4-3-6-15(10-13)18(22)21-11-17-16-7-2-1-5-14(16)8-9-20-17;/h1-7,10,17,20H,8-9,11-12H2,(H,21,22)(H2,19,23,24);1H. The van der Waals surface area contributed by atoms with Crippen LogP contribution in [-0.2, 0) is 22.2 Å². The highest BCUT2D eigenvalue weighted by Crippen LogP contribution is 2.22. The molecule has 0 radical (unpaired) electrons. The summed E-state index contributed by atoms with van der Waals surface area (Å²) in [7, 11) is -3.62. The third kappa shape index (κ3) is 5.28. The van der Waals surface area contributed by atoms with E-state index in [1.165, 1.54) is 11.1 Å². The van der Waals surface area contributed by atoms with Gasteiger partial charge in [0.15, 0.2) is 0 Å². The summed E-state index contributed by atoms with van der Waals surface area (Å²) in [6.45, 7) is 1.34. The van der Waals surface area contributed by atoms with Gasteiger partial charge in [-0.3, -0.25) is 4.79 Å².